The van der Waals surface area contributed by atoms with Crippen molar-refractivity contribution < 1.29 is 38.5 Å². The molecule has 0 aromatic carbocycles. The molecule has 1 aliphatic heterocycles. The maximum absolute atomic E-state index is 13.8. The largest absolute Gasteiger partial charge is 0.480 e. The highest BCUT2D eigenvalue weighted by atomic mass is 16.6. The second-order valence-corrected chi connectivity index (χ2v) is 13.0. The summed E-state index contributed by atoms with van der Waals surface area (Å²) in [5.41, 5.74) is -0.116. The number of rotatable bonds is 13. The van der Waals surface area contributed by atoms with Crippen LogP contribution in [0.2, 0.25) is 0 Å². The van der Waals surface area contributed by atoms with E-state index in [9.17, 15) is 24.3 Å². The highest BCUT2D eigenvalue weighted by molar-refractivity contribution is 5.89. The molecule has 0 spiro atoms. The number of morpholine rings is 1. The second kappa shape index (κ2) is 14.9. The first-order valence-corrected chi connectivity index (χ1v) is 15.1. The molecule has 240 valence electrons. The highest BCUT2D eigenvalue weighted by Crippen LogP contribution is 2.35. The van der Waals surface area contributed by atoms with Crippen molar-refractivity contribution in [2.75, 3.05) is 45.3 Å². The van der Waals surface area contributed by atoms with Gasteiger partial charge in [0.2, 0.25) is 0 Å². The van der Waals surface area contributed by atoms with E-state index in [0.29, 0.717) is 25.2 Å². The summed E-state index contributed by atoms with van der Waals surface area (Å²) in [7, 11) is 2.90. The van der Waals surface area contributed by atoms with Crippen molar-refractivity contribution in [2.24, 2.45) is 11.8 Å². The zero-order chi connectivity index (χ0) is 31.9. The minimum atomic E-state index is -1.32. The summed E-state index contributed by atoms with van der Waals surface area (Å²) >= 11 is 0. The van der Waals surface area contributed by atoms with Crippen LogP contribution in [0.1, 0.15) is 65.9 Å². The van der Waals surface area contributed by atoms with Gasteiger partial charge in [-0.1, -0.05) is 32.8 Å². The van der Waals surface area contributed by atoms with Crippen molar-refractivity contribution in [1.29, 1.82) is 0 Å². The van der Waals surface area contributed by atoms with Crippen molar-refractivity contribution in [1.82, 2.24) is 14.8 Å². The van der Waals surface area contributed by atoms with Gasteiger partial charge in [-0.05, 0) is 57.1 Å². The Bertz CT molecular complexity index is 1110. The molecule has 3 rings (SSSR count). The molecule has 1 aliphatic carbocycles. The number of ether oxygens (including phenoxy) is 3. The molecular formula is C31H48N4O8. The summed E-state index contributed by atoms with van der Waals surface area (Å²) in [6, 6.07) is 1.61. The molecule has 2 fully saturated rings. The van der Waals surface area contributed by atoms with Gasteiger partial charge in [0, 0.05) is 39.8 Å². The van der Waals surface area contributed by atoms with Crippen LogP contribution in [-0.4, -0.2) is 108 Å². The standard InChI is InChI=1S/C31H48N4O8/c1-20(2)16-23(28(37)38)33(6)27(36)25(18-22-10-11-26(32-19-22)35-12-14-41-15-13-35)42-29(39)24(17-21-8-9-21)34(7)30(40)43-31(3,4)5/h10-11,19-21,23-25H,8-9,12-18H2,1-7H3,(H,37,38)/t23-,24-,25+/m0/s1. The molecule has 0 bridgehead atoms. The summed E-state index contributed by atoms with van der Waals surface area (Å²) in [5, 5.41) is 9.89. The lowest BCUT2D eigenvalue weighted by atomic mass is 10.0. The maximum Gasteiger partial charge on any atom is 0.410 e. The Hall–Kier alpha value is -3.41. The quantitative estimate of drug-likeness (QED) is 0.334. The third-order valence-corrected chi connectivity index (χ3v) is 7.57. The molecule has 0 radical (unpaired) electrons. The van der Waals surface area contributed by atoms with E-state index >= 15 is 0 Å². The van der Waals surface area contributed by atoms with Crippen LogP contribution in [0.15, 0.2) is 18.3 Å². The summed E-state index contributed by atoms with van der Waals surface area (Å²) < 4.78 is 16.8. The average Bonchev–Trinajstić information content (AvgIpc) is 3.77. The number of hydrogen-bond acceptors (Lipinski definition) is 9. The SMILES string of the molecule is CC(C)C[C@@H](C(=O)O)N(C)C(=O)[C@@H](Cc1ccc(N2CCOCC2)nc1)OC(=O)[C@H](CC1CC1)N(C)C(=O)OC(C)(C)C. The Labute approximate surface area is 254 Å². The molecular weight excluding hydrogens is 556 g/mol. The summed E-state index contributed by atoms with van der Waals surface area (Å²) in [6.07, 6.45) is 2.13. The number of aromatic nitrogens is 1. The van der Waals surface area contributed by atoms with Gasteiger partial charge in [0.1, 0.15) is 23.5 Å². The van der Waals surface area contributed by atoms with Gasteiger partial charge in [-0.3, -0.25) is 9.69 Å². The number of carboxylic acid groups (broad SMARTS) is 1. The highest BCUT2D eigenvalue weighted by Gasteiger charge is 2.40. The van der Waals surface area contributed by atoms with Crippen molar-refractivity contribution in [3.63, 3.8) is 0 Å². The molecule has 12 nitrogen and oxygen atoms in total. The van der Waals surface area contributed by atoms with Crippen LogP contribution in [0.3, 0.4) is 0 Å². The van der Waals surface area contributed by atoms with E-state index in [1.807, 2.05) is 26.0 Å². The Morgan fingerprint density at radius 2 is 1.72 bits per heavy atom. The van der Waals surface area contributed by atoms with Crippen LogP contribution in [-0.2, 0) is 35.0 Å². The zero-order valence-corrected chi connectivity index (χ0v) is 26.6. The van der Waals surface area contributed by atoms with Gasteiger partial charge in [-0.25, -0.2) is 19.4 Å². The average molecular weight is 605 g/mol. The van der Waals surface area contributed by atoms with Gasteiger partial charge in [-0.2, -0.15) is 0 Å². The lowest BCUT2D eigenvalue weighted by Gasteiger charge is -2.32. The van der Waals surface area contributed by atoms with Crippen molar-refractivity contribution >= 4 is 29.8 Å². The first kappa shape index (κ1) is 34.1. The number of pyridine rings is 1. The maximum atomic E-state index is 13.8. The third kappa shape index (κ3) is 10.4. The lowest BCUT2D eigenvalue weighted by Crippen LogP contribution is -2.51. The van der Waals surface area contributed by atoms with Crippen LogP contribution in [0.25, 0.3) is 0 Å². The minimum absolute atomic E-state index is 0.00831. The van der Waals surface area contributed by atoms with E-state index in [1.54, 1.807) is 27.0 Å². The van der Waals surface area contributed by atoms with Crippen molar-refractivity contribution in [2.45, 2.75) is 90.5 Å². The minimum Gasteiger partial charge on any atom is -0.480 e. The van der Waals surface area contributed by atoms with E-state index in [2.05, 4.69) is 9.88 Å². The lowest BCUT2D eigenvalue weighted by molar-refractivity contribution is -0.166. The van der Waals surface area contributed by atoms with Crippen molar-refractivity contribution in [3.05, 3.63) is 23.9 Å². The molecule has 0 unspecified atom stereocenters. The Morgan fingerprint density at radius 1 is 1.07 bits per heavy atom. The number of hydrogen-bond donors (Lipinski definition) is 1. The smallest absolute Gasteiger partial charge is 0.410 e. The molecule has 2 aliphatic rings. The van der Waals surface area contributed by atoms with Crippen LogP contribution in [0.5, 0.6) is 0 Å². The van der Waals surface area contributed by atoms with Gasteiger partial charge in [0.25, 0.3) is 5.91 Å². The topological polar surface area (TPSA) is 139 Å². The first-order valence-electron chi connectivity index (χ1n) is 15.1. The Kier molecular flexibility index (Phi) is 11.8. The van der Waals surface area contributed by atoms with E-state index in [1.165, 1.54) is 19.0 Å². The van der Waals surface area contributed by atoms with Gasteiger partial charge < -0.3 is 29.1 Å². The molecule has 12 heteroatoms. The first-order chi connectivity index (χ1) is 20.2. The fourth-order valence-electron chi connectivity index (χ4n) is 4.92. The van der Waals surface area contributed by atoms with E-state index in [-0.39, 0.29) is 24.7 Å². The molecule has 43 heavy (non-hydrogen) atoms. The number of aliphatic carboxylic acids is 1. The number of anilines is 1. The molecule has 1 aromatic heterocycles. The zero-order valence-electron chi connectivity index (χ0n) is 26.6. The Morgan fingerprint density at radius 3 is 2.23 bits per heavy atom. The van der Waals surface area contributed by atoms with Gasteiger partial charge >= 0.3 is 18.0 Å². The normalized spacial score (nSPS) is 17.5. The number of nitrogens with zero attached hydrogens (tertiary/aromatic N) is 4. The van der Waals surface area contributed by atoms with Crippen LogP contribution >= 0.6 is 0 Å². The third-order valence-electron chi connectivity index (χ3n) is 7.57. The van der Waals surface area contributed by atoms with Crippen LogP contribution < -0.4 is 4.90 Å². The van der Waals surface area contributed by atoms with Crippen LogP contribution in [0.4, 0.5) is 10.6 Å². The molecule has 2 amide bonds. The van der Waals surface area contributed by atoms with Gasteiger partial charge in [0.15, 0.2) is 6.10 Å². The fraction of sp³-hybridized carbons (Fsp3) is 0.710. The fourth-order valence-corrected chi connectivity index (χ4v) is 4.92. The molecule has 1 N–H and O–H groups in total. The predicted molar refractivity (Wildman–Crippen MR) is 160 cm³/mol. The van der Waals surface area contributed by atoms with Crippen molar-refractivity contribution in [3.8, 4) is 0 Å². The monoisotopic (exact) mass is 604 g/mol. The number of amides is 2. The number of esters is 1. The number of carbonyl (C=O) groups excluding carboxylic acids is 3. The van der Waals surface area contributed by atoms with Gasteiger partial charge in [0.05, 0.1) is 13.2 Å². The van der Waals surface area contributed by atoms with E-state index in [0.717, 1.165) is 36.6 Å². The predicted octanol–water partition coefficient (Wildman–Crippen LogP) is 3.37. The Balaban J connectivity index is 1.86. The molecule has 2 heterocycles. The van der Waals surface area contributed by atoms with Crippen LogP contribution in [0, 0.1) is 11.8 Å². The summed E-state index contributed by atoms with van der Waals surface area (Å²) in [5.74, 6) is -1.46. The number of likely N-dealkylation sites (N-methyl/N-ethyl adjacent to an activating group) is 2. The van der Waals surface area contributed by atoms with E-state index in [4.69, 9.17) is 14.2 Å². The molecule has 1 saturated carbocycles. The number of carbonyl (C=O) groups is 4. The number of carboxylic acids is 1. The molecule has 3 atom stereocenters. The molecule has 1 saturated heterocycles. The summed E-state index contributed by atoms with van der Waals surface area (Å²) in [6.45, 7) is 11.6. The summed E-state index contributed by atoms with van der Waals surface area (Å²) in [4.78, 5) is 61.5. The van der Waals surface area contributed by atoms with E-state index < -0.39 is 47.7 Å². The van der Waals surface area contributed by atoms with Gasteiger partial charge in [-0.15, -0.1) is 0 Å². The second-order valence-electron chi connectivity index (χ2n) is 13.0. The molecule has 1 aromatic rings.